The Labute approximate surface area is 159 Å². The van der Waals surface area contributed by atoms with Gasteiger partial charge in [0.25, 0.3) is 0 Å². The number of halogens is 1. The van der Waals surface area contributed by atoms with E-state index in [1.54, 1.807) is 6.07 Å². The van der Waals surface area contributed by atoms with Gasteiger partial charge in [-0.2, -0.15) is 4.31 Å². The molecular weight excluding hydrogens is 369 g/mol. The van der Waals surface area contributed by atoms with Crippen LogP contribution in [0.5, 0.6) is 0 Å². The van der Waals surface area contributed by atoms with Gasteiger partial charge in [0, 0.05) is 35.9 Å². The number of aromatic nitrogens is 1. The van der Waals surface area contributed by atoms with Crippen molar-refractivity contribution >= 4 is 21.0 Å². The molecule has 0 atom stereocenters. The van der Waals surface area contributed by atoms with Crippen LogP contribution in [0, 0.1) is 5.82 Å². The van der Waals surface area contributed by atoms with Gasteiger partial charge in [0.1, 0.15) is 5.82 Å². The molecule has 27 heavy (non-hydrogen) atoms. The maximum atomic E-state index is 13.3. The quantitative estimate of drug-likeness (QED) is 0.686. The highest BCUT2D eigenvalue weighted by Crippen LogP contribution is 2.32. The first-order valence-electron chi connectivity index (χ1n) is 9.34. The van der Waals surface area contributed by atoms with Crippen molar-refractivity contribution in [3.05, 3.63) is 41.7 Å². The van der Waals surface area contributed by atoms with Crippen LogP contribution in [0.15, 0.2) is 34.7 Å². The van der Waals surface area contributed by atoms with Crippen molar-refractivity contribution in [1.29, 1.82) is 0 Å². The minimum atomic E-state index is -3.34. The van der Waals surface area contributed by atoms with Gasteiger partial charge in [-0.15, -0.1) is 0 Å². The third-order valence-electron chi connectivity index (χ3n) is 5.24. The molecule has 2 aromatic rings. The zero-order valence-electron chi connectivity index (χ0n) is 15.6. The van der Waals surface area contributed by atoms with Gasteiger partial charge in [-0.25, -0.2) is 12.8 Å². The molecule has 0 saturated carbocycles. The van der Waals surface area contributed by atoms with Crippen molar-refractivity contribution in [2.45, 2.75) is 32.1 Å². The smallest absolute Gasteiger partial charge is 0.235 e. The van der Waals surface area contributed by atoms with Gasteiger partial charge in [0.15, 0.2) is 5.58 Å². The van der Waals surface area contributed by atoms with Gasteiger partial charge < -0.3 is 9.42 Å². The van der Waals surface area contributed by atoms with Crippen LogP contribution in [-0.4, -0.2) is 55.5 Å². The molecule has 1 aromatic heterocycles. The standard InChI is InChI=1S/C19H26FN3O3S/c1-3-23(27(24,25)4-2)11-5-10-22-12-8-15(9-13-22)19-17-7-6-16(20)14-18(17)26-21-19/h4,6-7,14-15H,2-3,5,8-13H2,1H3. The van der Waals surface area contributed by atoms with Crippen LogP contribution in [0.1, 0.15) is 37.8 Å². The second-order valence-corrected chi connectivity index (χ2v) is 8.76. The van der Waals surface area contributed by atoms with E-state index in [9.17, 15) is 12.8 Å². The van der Waals surface area contributed by atoms with E-state index >= 15 is 0 Å². The lowest BCUT2D eigenvalue weighted by Gasteiger charge is -2.31. The molecule has 1 aromatic carbocycles. The monoisotopic (exact) mass is 395 g/mol. The van der Waals surface area contributed by atoms with Gasteiger partial charge >= 0.3 is 0 Å². The van der Waals surface area contributed by atoms with E-state index < -0.39 is 10.0 Å². The van der Waals surface area contributed by atoms with E-state index in [1.807, 2.05) is 6.92 Å². The molecule has 6 nitrogen and oxygen atoms in total. The van der Waals surface area contributed by atoms with E-state index in [4.69, 9.17) is 4.52 Å². The summed E-state index contributed by atoms with van der Waals surface area (Å²) in [4.78, 5) is 2.35. The predicted molar refractivity (Wildman–Crippen MR) is 103 cm³/mol. The number of nitrogens with zero attached hydrogens (tertiary/aromatic N) is 3. The van der Waals surface area contributed by atoms with E-state index in [2.05, 4.69) is 16.6 Å². The predicted octanol–water partition coefficient (Wildman–Crippen LogP) is 3.33. The Bertz CT molecular complexity index is 889. The van der Waals surface area contributed by atoms with Crippen molar-refractivity contribution < 1.29 is 17.3 Å². The normalized spacial score (nSPS) is 17.0. The van der Waals surface area contributed by atoms with Gasteiger partial charge in [0.2, 0.25) is 10.0 Å². The molecule has 1 fully saturated rings. The van der Waals surface area contributed by atoms with Crippen molar-refractivity contribution in [2.75, 3.05) is 32.7 Å². The number of hydrogen-bond donors (Lipinski definition) is 0. The van der Waals surface area contributed by atoms with Crippen LogP contribution in [-0.2, 0) is 10.0 Å². The lowest BCUT2D eigenvalue weighted by Crippen LogP contribution is -2.36. The number of piperidine rings is 1. The number of fused-ring (bicyclic) bond motifs is 1. The van der Waals surface area contributed by atoms with Crippen LogP contribution in [0.4, 0.5) is 4.39 Å². The largest absolute Gasteiger partial charge is 0.356 e. The lowest BCUT2D eigenvalue weighted by atomic mass is 9.91. The van der Waals surface area contributed by atoms with Crippen molar-refractivity contribution in [2.24, 2.45) is 0 Å². The zero-order chi connectivity index (χ0) is 19.4. The molecule has 1 saturated heterocycles. The van der Waals surface area contributed by atoms with E-state index in [-0.39, 0.29) is 5.82 Å². The molecule has 0 N–H and O–H groups in total. The van der Waals surface area contributed by atoms with Crippen LogP contribution >= 0.6 is 0 Å². The van der Waals surface area contributed by atoms with Crippen LogP contribution < -0.4 is 0 Å². The number of hydrogen-bond acceptors (Lipinski definition) is 5. The Kier molecular flexibility index (Phi) is 6.29. The molecular formula is C19H26FN3O3S. The number of likely N-dealkylation sites (tertiary alicyclic amines) is 1. The number of benzene rings is 1. The highest BCUT2D eigenvalue weighted by molar-refractivity contribution is 7.92. The fourth-order valence-corrected chi connectivity index (χ4v) is 4.65. The summed E-state index contributed by atoms with van der Waals surface area (Å²) in [5, 5.41) is 6.08. The first-order valence-corrected chi connectivity index (χ1v) is 10.8. The number of sulfonamides is 1. The molecule has 0 amide bonds. The SMILES string of the molecule is C=CS(=O)(=O)N(CC)CCCN1CCC(c2noc3cc(F)ccc23)CC1. The van der Waals surface area contributed by atoms with E-state index in [1.165, 1.54) is 16.4 Å². The van der Waals surface area contributed by atoms with Crippen LogP contribution in [0.2, 0.25) is 0 Å². The Morgan fingerprint density at radius 3 is 2.81 bits per heavy atom. The summed E-state index contributed by atoms with van der Waals surface area (Å²) in [7, 11) is -3.34. The highest BCUT2D eigenvalue weighted by Gasteiger charge is 2.25. The molecule has 2 heterocycles. The topological polar surface area (TPSA) is 66.7 Å². The third kappa shape index (κ3) is 4.56. The summed E-state index contributed by atoms with van der Waals surface area (Å²) in [6.07, 6.45) is 2.71. The molecule has 8 heteroatoms. The molecule has 3 rings (SSSR count). The van der Waals surface area contributed by atoms with E-state index in [0.29, 0.717) is 24.6 Å². The molecule has 1 aliphatic rings. The maximum Gasteiger partial charge on any atom is 0.235 e. The summed E-state index contributed by atoms with van der Waals surface area (Å²) >= 11 is 0. The van der Waals surface area contributed by atoms with Crippen molar-refractivity contribution in [3.63, 3.8) is 0 Å². The zero-order valence-corrected chi connectivity index (χ0v) is 16.4. The summed E-state index contributed by atoms with van der Waals surface area (Å²) in [5.41, 5.74) is 1.41. The molecule has 1 aliphatic heterocycles. The van der Waals surface area contributed by atoms with Crippen LogP contribution in [0.25, 0.3) is 11.0 Å². The Morgan fingerprint density at radius 1 is 1.41 bits per heavy atom. The van der Waals surface area contributed by atoms with Crippen molar-refractivity contribution in [1.82, 2.24) is 14.4 Å². The van der Waals surface area contributed by atoms with Crippen LogP contribution in [0.3, 0.4) is 0 Å². The minimum absolute atomic E-state index is 0.307. The molecule has 0 unspecified atom stereocenters. The average Bonchev–Trinajstić information content (AvgIpc) is 3.08. The molecule has 148 valence electrons. The molecule has 0 spiro atoms. The first-order chi connectivity index (χ1) is 12.9. The molecule has 0 bridgehead atoms. The minimum Gasteiger partial charge on any atom is -0.356 e. The van der Waals surface area contributed by atoms with Gasteiger partial charge in [-0.1, -0.05) is 18.7 Å². The fraction of sp³-hybridized carbons (Fsp3) is 0.526. The first kappa shape index (κ1) is 20.0. The summed E-state index contributed by atoms with van der Waals surface area (Å²) in [5.74, 6) is -0.0131. The molecule has 0 radical (unpaired) electrons. The summed E-state index contributed by atoms with van der Waals surface area (Å²) < 4.78 is 43.8. The Balaban J connectivity index is 1.51. The Hall–Kier alpha value is -1.77. The van der Waals surface area contributed by atoms with E-state index in [0.717, 1.165) is 55.4 Å². The Morgan fingerprint density at radius 2 is 2.15 bits per heavy atom. The van der Waals surface area contributed by atoms with Crippen molar-refractivity contribution in [3.8, 4) is 0 Å². The van der Waals surface area contributed by atoms with Gasteiger partial charge in [-0.3, -0.25) is 0 Å². The second-order valence-electron chi connectivity index (χ2n) is 6.88. The maximum absolute atomic E-state index is 13.3. The highest BCUT2D eigenvalue weighted by atomic mass is 32.2. The fourth-order valence-electron chi connectivity index (χ4n) is 3.70. The number of rotatable bonds is 8. The average molecular weight is 396 g/mol. The third-order valence-corrected chi connectivity index (χ3v) is 6.82. The lowest BCUT2D eigenvalue weighted by molar-refractivity contribution is 0.202. The summed E-state index contributed by atoms with van der Waals surface area (Å²) in [6, 6.07) is 4.55. The second kappa shape index (κ2) is 8.50. The van der Waals surface area contributed by atoms with Gasteiger partial charge in [0.05, 0.1) is 5.69 Å². The van der Waals surface area contributed by atoms with Gasteiger partial charge in [-0.05, 0) is 51.0 Å². The molecule has 0 aliphatic carbocycles. The summed E-state index contributed by atoms with van der Waals surface area (Å²) in [6.45, 7) is 8.90.